The minimum atomic E-state index is -1.21. The van der Waals surface area contributed by atoms with E-state index in [0.29, 0.717) is 27.9 Å². The van der Waals surface area contributed by atoms with Crippen LogP contribution in [0.5, 0.6) is 5.75 Å². The molecule has 1 N–H and O–H groups in total. The van der Waals surface area contributed by atoms with Gasteiger partial charge in [0.2, 0.25) is 11.7 Å². The predicted octanol–water partition coefficient (Wildman–Crippen LogP) is 5.79. The van der Waals surface area contributed by atoms with E-state index in [1.807, 2.05) is 12.1 Å². The van der Waals surface area contributed by atoms with Crippen molar-refractivity contribution in [1.82, 2.24) is 25.5 Å². The van der Waals surface area contributed by atoms with Gasteiger partial charge in [-0.3, -0.25) is 14.5 Å². The summed E-state index contributed by atoms with van der Waals surface area (Å²) in [5, 5.41) is 15.3. The van der Waals surface area contributed by atoms with Gasteiger partial charge < -0.3 is 14.5 Å². The quantitative estimate of drug-likeness (QED) is 0.210. The molecule has 0 radical (unpaired) electrons. The molecular formula is C30H25Cl2FN6O4. The molecule has 10 nitrogen and oxygen atoms in total. The molecule has 0 spiro atoms. The number of carbonyl (C=O) groups excluding carboxylic acids is 2. The number of aryl methyl sites for hydroxylation is 1. The van der Waals surface area contributed by atoms with Gasteiger partial charge in [-0.05, 0) is 77.9 Å². The molecule has 3 aromatic carbocycles. The van der Waals surface area contributed by atoms with E-state index in [1.54, 1.807) is 62.6 Å². The highest BCUT2D eigenvalue weighted by Crippen LogP contribution is 2.32. The van der Waals surface area contributed by atoms with Crippen LogP contribution >= 0.6 is 23.2 Å². The smallest absolute Gasteiger partial charge is 0.251 e. The Morgan fingerprint density at radius 2 is 1.79 bits per heavy atom. The molecule has 220 valence electrons. The summed E-state index contributed by atoms with van der Waals surface area (Å²) in [5.74, 6) is 0.117. The van der Waals surface area contributed by atoms with Crippen molar-refractivity contribution < 1.29 is 23.1 Å². The average Bonchev–Trinajstić information content (AvgIpc) is 3.65. The molecule has 0 aliphatic rings. The number of anilines is 1. The Labute approximate surface area is 256 Å². The maximum Gasteiger partial charge on any atom is 0.251 e. The molecule has 2 aromatic heterocycles. The second-order valence-corrected chi connectivity index (χ2v) is 10.3. The lowest BCUT2D eigenvalue weighted by Gasteiger charge is -2.31. The number of carbonyl (C=O) groups is 2. The standard InChI is InChI=1S/C30H25Cl2FN6O4/c1-18-3-14-26(43-18)29-35-37-38(36-29)17-27(40)39(22-10-13-25(33)24(32)15-22)28(20-6-8-21(31)9-7-20)30(41)34-16-19-4-11-23(42-2)12-5-19/h3-15,28H,16-17H2,1-2H3,(H,34,41). The molecule has 0 aliphatic heterocycles. The van der Waals surface area contributed by atoms with Crippen LogP contribution in [0.4, 0.5) is 10.1 Å². The van der Waals surface area contributed by atoms with Crippen LogP contribution in [0.25, 0.3) is 11.6 Å². The molecule has 2 heterocycles. The average molecular weight is 623 g/mol. The minimum absolute atomic E-state index is 0.162. The third-order valence-corrected chi connectivity index (χ3v) is 7.00. The van der Waals surface area contributed by atoms with Crippen molar-refractivity contribution in [3.63, 3.8) is 0 Å². The highest BCUT2D eigenvalue weighted by Gasteiger charge is 2.34. The zero-order chi connectivity index (χ0) is 30.5. The fourth-order valence-corrected chi connectivity index (χ4v) is 4.63. The van der Waals surface area contributed by atoms with E-state index in [4.69, 9.17) is 32.4 Å². The van der Waals surface area contributed by atoms with Crippen LogP contribution in [0, 0.1) is 12.7 Å². The molecule has 1 unspecified atom stereocenters. The van der Waals surface area contributed by atoms with E-state index in [-0.39, 0.29) is 23.1 Å². The fraction of sp³-hybridized carbons (Fsp3) is 0.167. The number of ether oxygens (including phenoxy) is 1. The first kappa shape index (κ1) is 29.7. The Hall–Kier alpha value is -4.74. The van der Waals surface area contributed by atoms with E-state index < -0.39 is 30.2 Å². The maximum absolute atomic E-state index is 14.2. The van der Waals surface area contributed by atoms with Gasteiger partial charge in [0.25, 0.3) is 5.91 Å². The second-order valence-electron chi connectivity index (χ2n) is 9.44. The number of hydrogen-bond donors (Lipinski definition) is 1. The highest BCUT2D eigenvalue weighted by atomic mass is 35.5. The molecule has 2 amide bonds. The first-order valence-electron chi connectivity index (χ1n) is 13.0. The molecule has 0 aliphatic carbocycles. The fourth-order valence-electron chi connectivity index (χ4n) is 4.32. The van der Waals surface area contributed by atoms with Gasteiger partial charge in [0, 0.05) is 17.3 Å². The highest BCUT2D eigenvalue weighted by molar-refractivity contribution is 6.31. The first-order chi connectivity index (χ1) is 20.7. The maximum atomic E-state index is 14.2. The molecule has 43 heavy (non-hydrogen) atoms. The van der Waals surface area contributed by atoms with Crippen molar-refractivity contribution in [1.29, 1.82) is 0 Å². The van der Waals surface area contributed by atoms with Crippen molar-refractivity contribution in [3.8, 4) is 17.3 Å². The number of aromatic nitrogens is 4. The number of nitrogens with one attached hydrogen (secondary N) is 1. The van der Waals surface area contributed by atoms with E-state index in [9.17, 15) is 14.0 Å². The van der Waals surface area contributed by atoms with Gasteiger partial charge in [-0.15, -0.1) is 10.2 Å². The monoisotopic (exact) mass is 622 g/mol. The number of tetrazole rings is 1. The van der Waals surface area contributed by atoms with Crippen LogP contribution in [0.15, 0.2) is 83.3 Å². The molecule has 0 fully saturated rings. The van der Waals surface area contributed by atoms with Crippen LogP contribution in [-0.2, 0) is 22.7 Å². The summed E-state index contributed by atoms with van der Waals surface area (Å²) < 4.78 is 24.9. The summed E-state index contributed by atoms with van der Waals surface area (Å²) in [7, 11) is 1.56. The topological polar surface area (TPSA) is 115 Å². The number of nitrogens with zero attached hydrogens (tertiary/aromatic N) is 5. The minimum Gasteiger partial charge on any atom is -0.497 e. The Balaban J connectivity index is 1.50. The van der Waals surface area contributed by atoms with Crippen LogP contribution in [0.1, 0.15) is 22.9 Å². The summed E-state index contributed by atoms with van der Waals surface area (Å²) in [6.45, 7) is 1.53. The van der Waals surface area contributed by atoms with E-state index in [2.05, 4.69) is 20.7 Å². The largest absolute Gasteiger partial charge is 0.497 e. The summed E-state index contributed by atoms with van der Waals surface area (Å²) in [5.41, 5.74) is 1.43. The van der Waals surface area contributed by atoms with Gasteiger partial charge in [0.05, 0.1) is 12.1 Å². The van der Waals surface area contributed by atoms with Crippen LogP contribution in [-0.4, -0.2) is 39.1 Å². The Kier molecular flexibility index (Phi) is 9.03. The van der Waals surface area contributed by atoms with Crippen molar-refractivity contribution >= 4 is 40.7 Å². The lowest BCUT2D eigenvalue weighted by Crippen LogP contribution is -2.45. The van der Waals surface area contributed by atoms with Crippen molar-refractivity contribution in [2.24, 2.45) is 0 Å². The molecule has 5 aromatic rings. The SMILES string of the molecule is COc1ccc(CNC(=O)C(c2ccc(Cl)cc2)N(C(=O)Cn2nnc(-c3ccc(C)o3)n2)c2ccc(F)c(Cl)c2)cc1. The van der Waals surface area contributed by atoms with Gasteiger partial charge in [0.15, 0.2) is 5.76 Å². The zero-order valence-electron chi connectivity index (χ0n) is 23.0. The lowest BCUT2D eigenvalue weighted by molar-refractivity contribution is -0.127. The summed E-state index contributed by atoms with van der Waals surface area (Å²) in [4.78, 5) is 30.2. The molecule has 1 atom stereocenters. The van der Waals surface area contributed by atoms with Crippen LogP contribution < -0.4 is 15.0 Å². The number of hydrogen-bond acceptors (Lipinski definition) is 7. The van der Waals surface area contributed by atoms with Crippen LogP contribution in [0.3, 0.4) is 0 Å². The second kappa shape index (κ2) is 13.1. The van der Waals surface area contributed by atoms with Crippen molar-refractivity contribution in [2.75, 3.05) is 12.0 Å². The number of rotatable bonds is 10. The molecule has 0 saturated heterocycles. The Bertz CT molecular complexity index is 1740. The van der Waals surface area contributed by atoms with Gasteiger partial charge in [-0.25, -0.2) is 4.39 Å². The number of furan rings is 1. The van der Waals surface area contributed by atoms with E-state index in [1.165, 1.54) is 17.0 Å². The van der Waals surface area contributed by atoms with Crippen LogP contribution in [0.2, 0.25) is 10.0 Å². The number of halogens is 3. The Morgan fingerprint density at radius 1 is 1.05 bits per heavy atom. The lowest BCUT2D eigenvalue weighted by atomic mass is 10.0. The van der Waals surface area contributed by atoms with Gasteiger partial charge in [0.1, 0.15) is 29.9 Å². The summed E-state index contributed by atoms with van der Waals surface area (Å²) in [6.07, 6.45) is 0. The number of benzene rings is 3. The molecular weight excluding hydrogens is 598 g/mol. The number of methoxy groups -OCH3 is 1. The zero-order valence-corrected chi connectivity index (χ0v) is 24.5. The normalized spacial score (nSPS) is 11.7. The molecule has 13 heteroatoms. The number of amides is 2. The van der Waals surface area contributed by atoms with Gasteiger partial charge in [-0.1, -0.05) is 47.5 Å². The molecule has 5 rings (SSSR count). The predicted molar refractivity (Wildman–Crippen MR) is 158 cm³/mol. The summed E-state index contributed by atoms with van der Waals surface area (Å²) >= 11 is 12.3. The third kappa shape index (κ3) is 7.02. The summed E-state index contributed by atoms with van der Waals surface area (Å²) in [6, 6.07) is 19.7. The van der Waals surface area contributed by atoms with Gasteiger partial charge in [-0.2, -0.15) is 4.80 Å². The molecule has 0 saturated carbocycles. The third-order valence-electron chi connectivity index (χ3n) is 6.46. The first-order valence-corrected chi connectivity index (χ1v) is 13.8. The van der Waals surface area contributed by atoms with Gasteiger partial charge >= 0.3 is 0 Å². The van der Waals surface area contributed by atoms with Crippen molar-refractivity contribution in [3.05, 3.63) is 112 Å². The Morgan fingerprint density at radius 3 is 2.44 bits per heavy atom. The molecule has 0 bridgehead atoms. The van der Waals surface area contributed by atoms with E-state index in [0.717, 1.165) is 16.4 Å². The van der Waals surface area contributed by atoms with Crippen molar-refractivity contribution in [2.45, 2.75) is 26.1 Å². The van der Waals surface area contributed by atoms with E-state index >= 15 is 0 Å².